The van der Waals surface area contributed by atoms with Crippen LogP contribution >= 0.6 is 0 Å². The number of fused-ring (bicyclic) bond motifs is 1. The first-order chi connectivity index (χ1) is 15.2. The Morgan fingerprint density at radius 2 is 1.68 bits per heavy atom. The fourth-order valence-electron chi connectivity index (χ4n) is 4.46. The second-order valence-corrected chi connectivity index (χ2v) is 8.04. The maximum Gasteiger partial charge on any atom is 0.230 e. The van der Waals surface area contributed by atoms with Gasteiger partial charge in [0.2, 0.25) is 5.91 Å². The average Bonchev–Trinajstić information content (AvgIpc) is 3.26. The lowest BCUT2D eigenvalue weighted by Crippen LogP contribution is -2.39. The SMILES string of the molecule is Nc1ncnc2c1NC(c1ccc(Oc3ccccc3)cc1)CC(=O)N2C1CCCC1. The molecule has 1 unspecified atom stereocenters. The maximum atomic E-state index is 13.3. The smallest absolute Gasteiger partial charge is 0.230 e. The Hall–Kier alpha value is -3.61. The lowest BCUT2D eigenvalue weighted by molar-refractivity contribution is -0.119. The molecule has 158 valence electrons. The number of carbonyl (C=O) groups is 1. The van der Waals surface area contributed by atoms with Crippen molar-refractivity contribution in [2.45, 2.75) is 44.2 Å². The van der Waals surface area contributed by atoms with Gasteiger partial charge in [0, 0.05) is 6.04 Å². The van der Waals surface area contributed by atoms with Crippen molar-refractivity contribution in [3.05, 3.63) is 66.5 Å². The van der Waals surface area contributed by atoms with Gasteiger partial charge in [-0.25, -0.2) is 9.97 Å². The van der Waals surface area contributed by atoms with Crippen LogP contribution in [0.2, 0.25) is 0 Å². The summed E-state index contributed by atoms with van der Waals surface area (Å²) < 4.78 is 5.89. The number of hydrogen-bond donors (Lipinski definition) is 2. The van der Waals surface area contributed by atoms with Gasteiger partial charge in [-0.05, 0) is 42.7 Å². The molecular weight excluding hydrogens is 390 g/mol. The molecule has 7 heteroatoms. The third-order valence-electron chi connectivity index (χ3n) is 6.00. The topological polar surface area (TPSA) is 93.4 Å². The van der Waals surface area contributed by atoms with Crippen molar-refractivity contribution in [3.63, 3.8) is 0 Å². The normalized spacial score (nSPS) is 18.9. The standard InChI is InChI=1S/C24H25N5O2/c25-23-22-24(27-15-26-23)29(17-6-4-5-7-17)21(30)14-20(28-22)16-10-12-19(13-11-16)31-18-8-2-1-3-9-18/h1-3,8-13,15,17,20,28H,4-7,14H2,(H2,25,26,27). The number of hydrogen-bond acceptors (Lipinski definition) is 6. The monoisotopic (exact) mass is 415 g/mol. The first-order valence-corrected chi connectivity index (χ1v) is 10.7. The van der Waals surface area contributed by atoms with Crippen LogP contribution in [-0.2, 0) is 4.79 Å². The lowest BCUT2D eigenvalue weighted by Gasteiger charge is -2.27. The predicted molar refractivity (Wildman–Crippen MR) is 120 cm³/mol. The molecule has 2 aliphatic rings. The van der Waals surface area contributed by atoms with Gasteiger partial charge in [0.05, 0.1) is 12.5 Å². The predicted octanol–water partition coefficient (Wildman–Crippen LogP) is 4.68. The van der Waals surface area contributed by atoms with Gasteiger partial charge in [-0.2, -0.15) is 0 Å². The number of nitrogen functional groups attached to an aromatic ring is 1. The summed E-state index contributed by atoms with van der Waals surface area (Å²) in [4.78, 5) is 23.8. The first-order valence-electron chi connectivity index (χ1n) is 10.7. The van der Waals surface area contributed by atoms with Crippen LogP contribution in [0.15, 0.2) is 60.9 Å². The van der Waals surface area contributed by atoms with Crippen molar-refractivity contribution in [3.8, 4) is 11.5 Å². The molecule has 0 radical (unpaired) electrons. The van der Waals surface area contributed by atoms with Crippen LogP contribution in [0, 0.1) is 0 Å². The Balaban J connectivity index is 1.43. The molecule has 1 aliphatic carbocycles. The molecule has 3 N–H and O–H groups in total. The number of nitrogens with one attached hydrogen (secondary N) is 1. The van der Waals surface area contributed by atoms with E-state index in [1.54, 1.807) is 0 Å². The van der Waals surface area contributed by atoms with Crippen molar-refractivity contribution in [2.75, 3.05) is 16.0 Å². The van der Waals surface area contributed by atoms with Crippen molar-refractivity contribution >= 4 is 23.2 Å². The van der Waals surface area contributed by atoms with Gasteiger partial charge < -0.3 is 15.8 Å². The molecule has 2 aromatic carbocycles. The van der Waals surface area contributed by atoms with Crippen LogP contribution < -0.4 is 20.7 Å². The Bertz CT molecular complexity index is 1070. The van der Waals surface area contributed by atoms with Crippen LogP contribution in [-0.4, -0.2) is 21.9 Å². The van der Waals surface area contributed by atoms with Crippen LogP contribution in [0.1, 0.15) is 43.7 Å². The molecule has 1 fully saturated rings. The van der Waals surface area contributed by atoms with Gasteiger partial charge in [0.1, 0.15) is 23.5 Å². The number of benzene rings is 2. The highest BCUT2D eigenvalue weighted by Gasteiger charge is 2.36. The fourth-order valence-corrected chi connectivity index (χ4v) is 4.46. The second kappa shape index (κ2) is 8.26. The summed E-state index contributed by atoms with van der Waals surface area (Å²) in [5, 5.41) is 3.44. The number of anilines is 3. The molecule has 0 spiro atoms. The van der Waals surface area contributed by atoms with Gasteiger partial charge in [0.25, 0.3) is 0 Å². The summed E-state index contributed by atoms with van der Waals surface area (Å²) in [5.41, 5.74) is 7.81. The van der Waals surface area contributed by atoms with E-state index in [-0.39, 0.29) is 18.0 Å². The van der Waals surface area contributed by atoms with Gasteiger partial charge >= 0.3 is 0 Å². The van der Waals surface area contributed by atoms with E-state index < -0.39 is 0 Å². The molecule has 1 atom stereocenters. The molecule has 0 bridgehead atoms. The van der Waals surface area contributed by atoms with Crippen molar-refractivity contribution in [1.29, 1.82) is 0 Å². The molecule has 1 saturated carbocycles. The van der Waals surface area contributed by atoms with E-state index in [0.29, 0.717) is 23.7 Å². The van der Waals surface area contributed by atoms with E-state index in [1.807, 2.05) is 59.5 Å². The molecule has 3 aromatic rings. The maximum absolute atomic E-state index is 13.3. The molecular formula is C24H25N5O2. The minimum absolute atomic E-state index is 0.0610. The summed E-state index contributed by atoms with van der Waals surface area (Å²) in [6.45, 7) is 0. The van der Waals surface area contributed by atoms with E-state index >= 15 is 0 Å². The second-order valence-electron chi connectivity index (χ2n) is 8.04. The molecule has 1 amide bonds. The lowest BCUT2D eigenvalue weighted by atomic mass is 10.0. The number of aromatic nitrogens is 2. The number of rotatable bonds is 4. The summed E-state index contributed by atoms with van der Waals surface area (Å²) in [7, 11) is 0. The van der Waals surface area contributed by atoms with E-state index in [4.69, 9.17) is 10.5 Å². The Kier molecular flexibility index (Phi) is 5.16. The zero-order valence-electron chi connectivity index (χ0n) is 17.2. The highest BCUT2D eigenvalue weighted by molar-refractivity contribution is 5.99. The summed E-state index contributed by atoms with van der Waals surface area (Å²) in [6.07, 6.45) is 6.00. The Morgan fingerprint density at radius 1 is 0.968 bits per heavy atom. The minimum atomic E-state index is -0.225. The highest BCUT2D eigenvalue weighted by atomic mass is 16.5. The number of ether oxygens (including phenoxy) is 1. The number of nitrogens with two attached hydrogens (primary N) is 1. The van der Waals surface area contributed by atoms with E-state index in [1.165, 1.54) is 6.33 Å². The number of amides is 1. The highest BCUT2D eigenvalue weighted by Crippen LogP contribution is 2.40. The quantitative estimate of drug-likeness (QED) is 0.642. The molecule has 1 aliphatic heterocycles. The van der Waals surface area contributed by atoms with Crippen molar-refractivity contribution < 1.29 is 9.53 Å². The molecule has 7 nitrogen and oxygen atoms in total. The molecule has 31 heavy (non-hydrogen) atoms. The van der Waals surface area contributed by atoms with E-state index in [2.05, 4.69) is 15.3 Å². The summed E-state index contributed by atoms with van der Waals surface area (Å²) in [6, 6.07) is 17.4. The van der Waals surface area contributed by atoms with Gasteiger partial charge in [-0.1, -0.05) is 43.2 Å². The van der Waals surface area contributed by atoms with Crippen LogP contribution in [0.5, 0.6) is 11.5 Å². The number of para-hydroxylation sites is 1. The third kappa shape index (κ3) is 3.91. The Morgan fingerprint density at radius 3 is 2.42 bits per heavy atom. The average molecular weight is 415 g/mol. The van der Waals surface area contributed by atoms with Crippen molar-refractivity contribution in [1.82, 2.24) is 9.97 Å². The van der Waals surface area contributed by atoms with Gasteiger partial charge in [0.15, 0.2) is 11.6 Å². The fraction of sp³-hybridized carbons (Fsp3) is 0.292. The zero-order valence-corrected chi connectivity index (χ0v) is 17.2. The van der Waals surface area contributed by atoms with Gasteiger partial charge in [-0.3, -0.25) is 9.69 Å². The molecule has 0 saturated heterocycles. The van der Waals surface area contributed by atoms with Crippen molar-refractivity contribution in [2.24, 2.45) is 0 Å². The molecule has 5 rings (SSSR count). The zero-order chi connectivity index (χ0) is 21.2. The minimum Gasteiger partial charge on any atom is -0.457 e. The molecule has 1 aromatic heterocycles. The van der Waals surface area contributed by atoms with E-state index in [9.17, 15) is 4.79 Å². The summed E-state index contributed by atoms with van der Waals surface area (Å²) in [5.74, 6) is 2.54. The van der Waals surface area contributed by atoms with Crippen LogP contribution in [0.4, 0.5) is 17.3 Å². The van der Waals surface area contributed by atoms with Gasteiger partial charge in [-0.15, -0.1) is 0 Å². The van der Waals surface area contributed by atoms with E-state index in [0.717, 1.165) is 42.7 Å². The summed E-state index contributed by atoms with van der Waals surface area (Å²) >= 11 is 0. The first kappa shape index (κ1) is 19.4. The Labute approximate surface area is 181 Å². The largest absolute Gasteiger partial charge is 0.457 e. The number of nitrogens with zero attached hydrogens (tertiary/aromatic N) is 3. The number of carbonyl (C=O) groups excluding carboxylic acids is 1. The van der Waals surface area contributed by atoms with Crippen LogP contribution in [0.25, 0.3) is 0 Å². The molecule has 2 heterocycles. The van der Waals surface area contributed by atoms with Crippen LogP contribution in [0.3, 0.4) is 0 Å². The third-order valence-corrected chi connectivity index (χ3v) is 6.00.